The van der Waals surface area contributed by atoms with Crippen LogP contribution >= 0.6 is 0 Å². The molecule has 0 saturated carbocycles. The summed E-state index contributed by atoms with van der Waals surface area (Å²) in [4.78, 5) is 10.1. The molecule has 8 nitrogen and oxygen atoms in total. The Morgan fingerprint density at radius 1 is 0.234 bits per heavy atom. The maximum Gasteiger partial charge on any atom is 0.104 e. The van der Waals surface area contributed by atoms with Gasteiger partial charge in [0.05, 0.1) is 96.0 Å². The normalized spacial score (nSPS) is 12.3. The summed E-state index contributed by atoms with van der Waals surface area (Å²) in [6, 6.07) is 17.1. The standard InChI is InChI=1S/C103H106N8/c1-44-52(9)68(25)92-83(60(44)17)84-61(18)45(2)53(10)69(26)93(84)108(92)100-79(41-104)101(109-94-70(27)54(11)46(3)62(19)85(94)86-63(20)47(4)55(12)71(28)95(86)109)103(111-98-74(31)58(15)50(7)66(23)89(98)90-67(24)51(8)59(16)75(32)99(90)111)91(78-35-33-34-36-80(78)107-81-42-105-39-37-76(81)77-38-40-106-43-82(77)107)102(100)110-96-72(29)56(13)48(5)64(21)87(96)88-65(22)49(6)57(14)73(30)97(88)110/h33-40,42-43H,1-32H3. The lowest BCUT2D eigenvalue weighted by atomic mass is 9.90. The Morgan fingerprint density at radius 2 is 0.441 bits per heavy atom. The number of rotatable bonds is 6. The van der Waals surface area contributed by atoms with Gasteiger partial charge in [0, 0.05) is 77.4 Å². The molecule has 0 aliphatic carbocycles. The molecule has 0 atom stereocenters. The zero-order chi connectivity index (χ0) is 79.7. The van der Waals surface area contributed by atoms with Crippen LogP contribution in [0.5, 0.6) is 0 Å². The molecule has 10 aromatic carbocycles. The summed E-state index contributed by atoms with van der Waals surface area (Å²) < 4.78 is 13.4. The number of hydrogen-bond donors (Lipinski definition) is 0. The SMILES string of the molecule is Cc1c(C)c(C)c2c(c1C)c1c(C)c(C)c(C)c(C)c1n2-c1c(C#N)c(-n2c3c(C)c(C)c(C)c(C)c3c3c(C)c(C)c(C)c(C)c32)c(-n2c3c(C)c(C)c(C)c(C)c3c3c(C)c(C)c(C)c(C)c32)c(-c2ccccc2-n2c3cnccc3c3ccncc32)c1-n1c2c(C)c(C)c(C)c(C)c2c2c(C)c(C)c(C)c(C)c21. The minimum absolute atomic E-state index is 0.582. The van der Waals surface area contributed by atoms with E-state index < -0.39 is 0 Å². The van der Waals surface area contributed by atoms with Gasteiger partial charge >= 0.3 is 0 Å². The highest BCUT2D eigenvalue weighted by Crippen LogP contribution is 2.58. The maximum atomic E-state index is 14.6. The molecule has 558 valence electrons. The average molecular weight is 1460 g/mol. The zero-order valence-corrected chi connectivity index (χ0v) is 71.9. The first-order chi connectivity index (χ1) is 52.5. The summed E-state index contributed by atoms with van der Waals surface area (Å²) in [5.41, 5.74) is 57.9. The molecule has 0 N–H and O–H groups in total. The van der Waals surface area contributed by atoms with E-state index in [0.717, 1.165) is 106 Å². The molecule has 8 heteroatoms. The molecular formula is C103H106N8. The van der Waals surface area contributed by atoms with Crippen LogP contribution in [-0.4, -0.2) is 32.8 Å². The van der Waals surface area contributed by atoms with E-state index in [4.69, 9.17) is 9.97 Å². The molecule has 17 rings (SSSR count). The molecule has 0 radical (unpaired) electrons. The van der Waals surface area contributed by atoms with Crippen molar-refractivity contribution in [3.8, 4) is 45.6 Å². The largest absolute Gasteiger partial charge is 0.306 e. The second-order valence-electron chi connectivity index (χ2n) is 34.0. The first kappa shape index (κ1) is 72.8. The molecule has 7 heterocycles. The molecule has 0 bridgehead atoms. The second-order valence-corrected chi connectivity index (χ2v) is 34.0. The summed E-state index contributed by atoms with van der Waals surface area (Å²) in [6.07, 6.45) is 7.97. The van der Waals surface area contributed by atoms with Crippen LogP contribution in [0.25, 0.3) is 149 Å². The van der Waals surface area contributed by atoms with Crippen LogP contribution in [0.3, 0.4) is 0 Å². The fourth-order valence-electron chi connectivity index (χ4n) is 21.1. The van der Waals surface area contributed by atoms with E-state index in [9.17, 15) is 5.26 Å². The lowest BCUT2D eigenvalue weighted by Gasteiger charge is -2.32. The van der Waals surface area contributed by atoms with Gasteiger partial charge in [-0.25, -0.2) is 0 Å². The summed E-state index contributed by atoms with van der Waals surface area (Å²) >= 11 is 0. The number of pyridine rings is 2. The number of benzene rings is 10. The van der Waals surface area contributed by atoms with Crippen LogP contribution in [-0.2, 0) is 0 Å². The number of nitrogens with zero attached hydrogens (tertiary/aromatic N) is 8. The number of para-hydroxylation sites is 1. The fourth-order valence-corrected chi connectivity index (χ4v) is 21.1. The van der Waals surface area contributed by atoms with Gasteiger partial charge in [0.2, 0.25) is 0 Å². The van der Waals surface area contributed by atoms with Gasteiger partial charge in [-0.15, -0.1) is 0 Å². The van der Waals surface area contributed by atoms with Crippen molar-refractivity contribution in [1.82, 2.24) is 32.8 Å². The highest BCUT2D eigenvalue weighted by Gasteiger charge is 2.41. The van der Waals surface area contributed by atoms with E-state index in [1.165, 1.54) is 221 Å². The van der Waals surface area contributed by atoms with Crippen molar-refractivity contribution in [3.63, 3.8) is 0 Å². The van der Waals surface area contributed by atoms with Gasteiger partial charge in [-0.2, -0.15) is 5.26 Å². The quantitative estimate of drug-likeness (QED) is 0.166. The fraction of sp³-hybridized carbons (Fsp3) is 0.311. The van der Waals surface area contributed by atoms with Crippen LogP contribution < -0.4 is 0 Å². The van der Waals surface area contributed by atoms with E-state index in [-0.39, 0.29) is 0 Å². The van der Waals surface area contributed by atoms with Crippen LogP contribution in [0.4, 0.5) is 0 Å². The van der Waals surface area contributed by atoms with Gasteiger partial charge in [0.15, 0.2) is 0 Å². The molecule has 0 amide bonds. The van der Waals surface area contributed by atoms with Gasteiger partial charge < -0.3 is 22.8 Å². The van der Waals surface area contributed by atoms with Gasteiger partial charge in [0.25, 0.3) is 0 Å². The van der Waals surface area contributed by atoms with Crippen molar-refractivity contribution in [1.29, 1.82) is 5.26 Å². The van der Waals surface area contributed by atoms with Crippen molar-refractivity contribution in [3.05, 3.63) is 245 Å². The van der Waals surface area contributed by atoms with Gasteiger partial charge in [-0.1, -0.05) is 18.2 Å². The lowest BCUT2D eigenvalue weighted by molar-refractivity contribution is 1.01. The van der Waals surface area contributed by atoms with Crippen molar-refractivity contribution >= 4 is 109 Å². The van der Waals surface area contributed by atoms with E-state index >= 15 is 0 Å². The highest BCUT2D eigenvalue weighted by atomic mass is 15.1. The summed E-state index contributed by atoms with van der Waals surface area (Å²) in [5, 5.41) is 26.6. The molecule has 0 aliphatic rings. The predicted octanol–water partition coefficient (Wildman–Crippen LogP) is 27.4. The van der Waals surface area contributed by atoms with Gasteiger partial charge in [0.1, 0.15) is 11.6 Å². The maximum absolute atomic E-state index is 14.6. The Bertz CT molecular complexity index is 6640. The molecular weight excluding hydrogens is 1350 g/mol. The molecule has 111 heavy (non-hydrogen) atoms. The molecule has 0 aliphatic heterocycles. The Labute approximate surface area is 655 Å². The second kappa shape index (κ2) is 24.5. The van der Waals surface area contributed by atoms with Crippen molar-refractivity contribution in [2.24, 2.45) is 0 Å². The smallest absolute Gasteiger partial charge is 0.104 e. The van der Waals surface area contributed by atoms with Crippen LogP contribution in [0.2, 0.25) is 0 Å². The summed E-state index contributed by atoms with van der Waals surface area (Å²) in [7, 11) is 0. The monoisotopic (exact) mass is 1450 g/mol. The van der Waals surface area contributed by atoms with Crippen molar-refractivity contribution < 1.29 is 0 Å². The first-order valence-electron chi connectivity index (χ1n) is 40.0. The first-order valence-corrected chi connectivity index (χ1v) is 40.0. The average Bonchev–Trinajstić information content (AvgIpc) is 1.50. The minimum Gasteiger partial charge on any atom is -0.306 e. The van der Waals surface area contributed by atoms with Crippen molar-refractivity contribution in [2.45, 2.75) is 222 Å². The molecule has 0 fully saturated rings. The highest BCUT2D eigenvalue weighted by molar-refractivity contribution is 6.23. The lowest BCUT2D eigenvalue weighted by Crippen LogP contribution is -2.19. The minimum atomic E-state index is 0.582. The Morgan fingerprint density at radius 3 is 0.667 bits per heavy atom. The number of hydrogen-bond acceptors (Lipinski definition) is 3. The predicted molar refractivity (Wildman–Crippen MR) is 475 cm³/mol. The summed E-state index contributed by atoms with van der Waals surface area (Å²) in [5.74, 6) is 0. The third-order valence-corrected chi connectivity index (χ3v) is 30.2. The van der Waals surface area contributed by atoms with Gasteiger partial charge in [-0.05, 0) is 418 Å². The van der Waals surface area contributed by atoms with Crippen molar-refractivity contribution in [2.75, 3.05) is 0 Å². The third-order valence-electron chi connectivity index (χ3n) is 30.2. The number of aryl methyl sites for hydroxylation is 16. The van der Waals surface area contributed by atoms with Crippen LogP contribution in [0.1, 0.15) is 184 Å². The van der Waals surface area contributed by atoms with Gasteiger partial charge in [-0.3, -0.25) is 9.97 Å². The zero-order valence-electron chi connectivity index (χ0n) is 71.9. The number of nitriles is 1. The van der Waals surface area contributed by atoms with E-state index in [0.29, 0.717) is 5.56 Å². The Kier molecular flexibility index (Phi) is 16.1. The molecule has 17 aromatic rings. The van der Waals surface area contributed by atoms with E-state index in [2.05, 4.69) is 299 Å². The molecule has 7 aromatic heterocycles. The third kappa shape index (κ3) is 8.87. The van der Waals surface area contributed by atoms with E-state index in [1.807, 2.05) is 12.4 Å². The molecule has 0 saturated heterocycles. The Balaban J connectivity index is 1.39. The molecule has 0 spiro atoms. The summed E-state index contributed by atoms with van der Waals surface area (Å²) in [6.45, 7) is 75.4. The molecule has 0 unspecified atom stereocenters. The number of aromatic nitrogens is 7. The Hall–Kier alpha value is -11.0. The number of fused-ring (bicyclic) bond motifs is 15. The van der Waals surface area contributed by atoms with Crippen LogP contribution in [0.15, 0.2) is 61.2 Å². The topological polar surface area (TPSA) is 74.2 Å². The van der Waals surface area contributed by atoms with E-state index in [1.54, 1.807) is 0 Å². The van der Waals surface area contributed by atoms with Crippen LogP contribution in [0, 0.1) is 233 Å².